The minimum atomic E-state index is -2.05. The molecule has 0 fully saturated rings. The predicted molar refractivity (Wildman–Crippen MR) is 60.7 cm³/mol. The van der Waals surface area contributed by atoms with E-state index in [1.54, 1.807) is 12.1 Å². The number of hydrogen-bond donors (Lipinski definition) is 0. The average molecular weight is 195 g/mol. The molecule has 1 unspecified atom stereocenters. The summed E-state index contributed by atoms with van der Waals surface area (Å²) in [6.45, 7) is 0.0476. The van der Waals surface area contributed by atoms with Crippen molar-refractivity contribution in [1.29, 1.82) is 0 Å². The Bertz CT molecular complexity index is 308. The fraction of sp³-hybridized carbons (Fsp3) is 0.538. The van der Waals surface area contributed by atoms with Gasteiger partial charge in [0.2, 0.25) is 0 Å². The van der Waals surface area contributed by atoms with E-state index in [4.69, 9.17) is 8.85 Å². The van der Waals surface area contributed by atoms with Gasteiger partial charge in [-0.3, -0.25) is 0 Å². The van der Waals surface area contributed by atoms with Crippen molar-refractivity contribution in [2.24, 2.45) is 0 Å². The highest BCUT2D eigenvalue weighted by Gasteiger charge is 2.02. The largest absolute Gasteiger partial charge is 0.491 e. The van der Waals surface area contributed by atoms with Crippen molar-refractivity contribution in [3.05, 3.63) is 30.3 Å². The molecule has 0 amide bonds. The monoisotopic (exact) mass is 195 g/mol. The lowest BCUT2D eigenvalue weighted by atomic mass is 10.1. The number of para-hydroxylation sites is 1. The topological polar surface area (TPSA) is 9.23 Å². The normalized spacial score (nSPS) is 16.5. The standard InChI is InChI=1S/C13H20O/c1-3-4-6-9-12(2)14-13-10-7-5-8-11-13/h5,7-8,10-12H,3-4,6,9H2,1-2H3/i2D3. The summed E-state index contributed by atoms with van der Waals surface area (Å²) in [6.07, 6.45) is 2.91. The molecule has 1 aromatic carbocycles. The number of benzene rings is 1. The zero-order valence-electron chi connectivity index (χ0n) is 11.7. The van der Waals surface area contributed by atoms with Crippen LogP contribution in [0.2, 0.25) is 0 Å². The second-order valence-electron chi connectivity index (χ2n) is 3.42. The van der Waals surface area contributed by atoms with E-state index >= 15 is 0 Å². The Morgan fingerprint density at radius 1 is 1.29 bits per heavy atom. The molecule has 1 rings (SSSR count). The van der Waals surface area contributed by atoms with E-state index < -0.39 is 13.0 Å². The van der Waals surface area contributed by atoms with E-state index in [0.29, 0.717) is 12.2 Å². The SMILES string of the molecule is [2H]C([2H])([2H])C(CCCCC)Oc1ccccc1. The lowest BCUT2D eigenvalue weighted by Gasteiger charge is -2.14. The maximum atomic E-state index is 7.48. The summed E-state index contributed by atoms with van der Waals surface area (Å²) in [5.74, 6) is 0.630. The van der Waals surface area contributed by atoms with Crippen molar-refractivity contribution in [2.45, 2.75) is 45.6 Å². The van der Waals surface area contributed by atoms with Crippen LogP contribution in [-0.4, -0.2) is 6.10 Å². The van der Waals surface area contributed by atoms with Gasteiger partial charge in [0.25, 0.3) is 0 Å². The van der Waals surface area contributed by atoms with Gasteiger partial charge in [-0.1, -0.05) is 38.0 Å². The van der Waals surface area contributed by atoms with Crippen LogP contribution in [0.3, 0.4) is 0 Å². The first-order valence-electron chi connectivity index (χ1n) is 6.75. The Kier molecular flexibility index (Phi) is 3.39. The summed E-state index contributed by atoms with van der Waals surface area (Å²) in [4.78, 5) is 0. The van der Waals surface area contributed by atoms with Crippen LogP contribution >= 0.6 is 0 Å². The van der Waals surface area contributed by atoms with E-state index in [-0.39, 0.29) is 0 Å². The lowest BCUT2D eigenvalue weighted by molar-refractivity contribution is 0.206. The smallest absolute Gasteiger partial charge is 0.119 e. The molecule has 14 heavy (non-hydrogen) atoms. The average Bonchev–Trinajstić information content (AvgIpc) is 2.28. The quantitative estimate of drug-likeness (QED) is 0.623. The van der Waals surface area contributed by atoms with Crippen molar-refractivity contribution < 1.29 is 8.85 Å². The number of rotatable bonds is 6. The van der Waals surface area contributed by atoms with E-state index in [1.807, 2.05) is 18.2 Å². The molecule has 0 saturated carbocycles. The van der Waals surface area contributed by atoms with E-state index in [0.717, 1.165) is 19.3 Å². The Balaban J connectivity index is 2.58. The third kappa shape index (κ3) is 4.31. The van der Waals surface area contributed by atoms with Crippen LogP contribution in [0, 0.1) is 0 Å². The van der Waals surface area contributed by atoms with Crippen molar-refractivity contribution in [3.8, 4) is 5.75 Å². The maximum Gasteiger partial charge on any atom is 0.119 e. The van der Waals surface area contributed by atoms with Crippen molar-refractivity contribution >= 4 is 0 Å². The fourth-order valence-corrected chi connectivity index (χ4v) is 1.30. The summed E-state index contributed by atoms with van der Waals surface area (Å²) >= 11 is 0. The highest BCUT2D eigenvalue weighted by atomic mass is 16.5. The summed E-state index contributed by atoms with van der Waals surface area (Å²) in [5.41, 5.74) is 0. The second-order valence-corrected chi connectivity index (χ2v) is 3.42. The first-order valence-corrected chi connectivity index (χ1v) is 5.25. The Morgan fingerprint density at radius 2 is 2.07 bits per heavy atom. The van der Waals surface area contributed by atoms with Gasteiger partial charge in [-0.25, -0.2) is 0 Å². The van der Waals surface area contributed by atoms with Gasteiger partial charge in [0.1, 0.15) is 5.75 Å². The van der Waals surface area contributed by atoms with Crippen LogP contribution in [0.25, 0.3) is 0 Å². The minimum Gasteiger partial charge on any atom is -0.491 e. The van der Waals surface area contributed by atoms with Crippen LogP contribution in [0.5, 0.6) is 5.75 Å². The Labute approximate surface area is 91.3 Å². The molecule has 78 valence electrons. The molecule has 0 spiro atoms. The molecule has 0 bridgehead atoms. The van der Waals surface area contributed by atoms with E-state index in [9.17, 15) is 0 Å². The van der Waals surface area contributed by atoms with Crippen molar-refractivity contribution in [2.75, 3.05) is 0 Å². The summed E-state index contributed by atoms with van der Waals surface area (Å²) in [7, 11) is 0. The van der Waals surface area contributed by atoms with Crippen molar-refractivity contribution in [3.63, 3.8) is 0 Å². The van der Waals surface area contributed by atoms with Crippen LogP contribution in [0.1, 0.15) is 43.6 Å². The molecule has 0 radical (unpaired) electrons. The molecular weight excluding hydrogens is 172 g/mol. The van der Waals surface area contributed by atoms with Gasteiger partial charge in [-0.15, -0.1) is 0 Å². The van der Waals surface area contributed by atoms with Crippen LogP contribution in [0.4, 0.5) is 0 Å². The predicted octanol–water partition coefficient (Wildman–Crippen LogP) is 4.03. The van der Waals surface area contributed by atoms with Gasteiger partial charge < -0.3 is 4.74 Å². The molecule has 0 saturated heterocycles. The van der Waals surface area contributed by atoms with Gasteiger partial charge in [0, 0.05) is 4.11 Å². The molecular formula is C13H20O. The third-order valence-electron chi connectivity index (χ3n) is 2.09. The maximum absolute atomic E-state index is 7.48. The molecule has 1 atom stereocenters. The Morgan fingerprint density at radius 3 is 2.71 bits per heavy atom. The van der Waals surface area contributed by atoms with Crippen molar-refractivity contribution in [1.82, 2.24) is 0 Å². The summed E-state index contributed by atoms with van der Waals surface area (Å²) in [6, 6.07) is 9.15. The molecule has 0 heterocycles. The van der Waals surface area contributed by atoms with E-state index in [2.05, 4.69) is 6.92 Å². The minimum absolute atomic E-state index is 0.583. The molecule has 0 N–H and O–H groups in total. The van der Waals surface area contributed by atoms with Crippen LogP contribution < -0.4 is 4.74 Å². The van der Waals surface area contributed by atoms with E-state index in [1.165, 1.54) is 0 Å². The molecule has 0 aromatic heterocycles. The Hall–Kier alpha value is -0.980. The van der Waals surface area contributed by atoms with Crippen LogP contribution in [-0.2, 0) is 0 Å². The first-order chi connectivity index (χ1) is 8.04. The number of hydrogen-bond acceptors (Lipinski definition) is 1. The van der Waals surface area contributed by atoms with Gasteiger partial charge in [0.05, 0.1) is 6.10 Å². The van der Waals surface area contributed by atoms with Gasteiger partial charge >= 0.3 is 0 Å². The van der Waals surface area contributed by atoms with Gasteiger partial charge in [-0.05, 0) is 31.8 Å². The summed E-state index contributed by atoms with van der Waals surface area (Å²) in [5, 5.41) is 0. The second kappa shape index (κ2) is 6.47. The molecule has 0 aliphatic rings. The number of ether oxygens (including phenoxy) is 1. The summed E-state index contributed by atoms with van der Waals surface area (Å²) < 4.78 is 28.0. The number of unbranched alkanes of at least 4 members (excludes halogenated alkanes) is 2. The van der Waals surface area contributed by atoms with Crippen LogP contribution in [0.15, 0.2) is 30.3 Å². The first kappa shape index (κ1) is 7.33. The molecule has 1 nitrogen and oxygen atoms in total. The van der Waals surface area contributed by atoms with Gasteiger partial charge in [0.15, 0.2) is 0 Å². The molecule has 1 heteroatoms. The fourth-order valence-electron chi connectivity index (χ4n) is 1.30. The zero-order chi connectivity index (χ0) is 12.7. The lowest BCUT2D eigenvalue weighted by Crippen LogP contribution is -2.11. The third-order valence-corrected chi connectivity index (χ3v) is 2.09. The molecule has 1 aromatic rings. The molecule has 0 aliphatic carbocycles. The highest BCUT2D eigenvalue weighted by Crippen LogP contribution is 2.13. The molecule has 0 aliphatic heterocycles. The highest BCUT2D eigenvalue weighted by molar-refractivity contribution is 5.21. The zero-order valence-corrected chi connectivity index (χ0v) is 8.70. The van der Waals surface area contributed by atoms with Gasteiger partial charge in [-0.2, -0.15) is 0 Å².